The van der Waals surface area contributed by atoms with Crippen molar-refractivity contribution in [3.8, 4) is 0 Å². The lowest BCUT2D eigenvalue weighted by Gasteiger charge is -2.23. The third-order valence-electron chi connectivity index (χ3n) is 2.21. The van der Waals surface area contributed by atoms with Crippen molar-refractivity contribution < 1.29 is 4.74 Å². The van der Waals surface area contributed by atoms with Gasteiger partial charge in [0.25, 0.3) is 0 Å². The maximum absolute atomic E-state index is 5.88. The third-order valence-corrected chi connectivity index (χ3v) is 2.21. The molecule has 0 saturated carbocycles. The van der Waals surface area contributed by atoms with E-state index in [0.29, 0.717) is 6.61 Å². The molecule has 0 bridgehead atoms. The number of hydrogen-bond donors (Lipinski definition) is 1. The highest BCUT2D eigenvalue weighted by Crippen LogP contribution is 2.12. The lowest BCUT2D eigenvalue weighted by Crippen LogP contribution is -2.38. The molecule has 0 aromatic carbocycles. The number of methoxy groups -OCH3 is 1. The number of ether oxygens (including phenoxy) is 1. The van der Waals surface area contributed by atoms with E-state index in [-0.39, 0.29) is 6.04 Å². The van der Waals surface area contributed by atoms with Crippen molar-refractivity contribution in [3.05, 3.63) is 24.0 Å². The fourth-order valence-corrected chi connectivity index (χ4v) is 1.49. The minimum absolute atomic E-state index is 0.0356. The lowest BCUT2D eigenvalue weighted by molar-refractivity contribution is 0.181. The Morgan fingerprint density at radius 3 is 2.93 bits per heavy atom. The molecule has 0 aliphatic carbocycles. The van der Waals surface area contributed by atoms with Crippen LogP contribution < -0.4 is 10.6 Å². The Hall–Kier alpha value is -1.13. The van der Waals surface area contributed by atoms with Gasteiger partial charge in [0.15, 0.2) is 0 Å². The number of pyridine rings is 1. The molecule has 1 unspecified atom stereocenters. The van der Waals surface area contributed by atoms with Gasteiger partial charge in [-0.2, -0.15) is 0 Å². The van der Waals surface area contributed by atoms with Crippen LogP contribution in [0.15, 0.2) is 18.3 Å². The molecule has 0 saturated heterocycles. The molecule has 1 aromatic rings. The molecule has 1 atom stereocenters. The van der Waals surface area contributed by atoms with Gasteiger partial charge < -0.3 is 15.4 Å². The van der Waals surface area contributed by atoms with E-state index >= 15 is 0 Å². The van der Waals surface area contributed by atoms with Gasteiger partial charge in [0, 0.05) is 44.3 Å². The van der Waals surface area contributed by atoms with Crippen molar-refractivity contribution >= 4 is 5.69 Å². The zero-order valence-corrected chi connectivity index (χ0v) is 9.60. The van der Waals surface area contributed by atoms with Crippen LogP contribution in [0.25, 0.3) is 0 Å². The highest BCUT2D eigenvalue weighted by atomic mass is 16.5. The van der Waals surface area contributed by atoms with E-state index in [1.807, 2.05) is 32.3 Å². The van der Waals surface area contributed by atoms with Gasteiger partial charge in [0.2, 0.25) is 0 Å². The molecule has 1 heterocycles. The predicted octanol–water partition coefficient (Wildman–Crippen LogP) is 0.800. The van der Waals surface area contributed by atoms with Crippen molar-refractivity contribution in [2.45, 2.75) is 13.0 Å². The molecule has 1 rings (SSSR count). The zero-order chi connectivity index (χ0) is 11.3. The minimum Gasteiger partial charge on any atom is -0.383 e. The normalized spacial score (nSPS) is 12.5. The Morgan fingerprint density at radius 1 is 1.60 bits per heavy atom. The molecule has 0 aliphatic rings. The number of anilines is 1. The van der Waals surface area contributed by atoms with Crippen molar-refractivity contribution in [3.63, 3.8) is 0 Å². The van der Waals surface area contributed by atoms with Crippen LogP contribution in [0.3, 0.4) is 0 Å². The predicted molar refractivity (Wildman–Crippen MR) is 62.1 cm³/mol. The summed E-state index contributed by atoms with van der Waals surface area (Å²) in [6.07, 6.45) is 1.81. The summed E-state index contributed by atoms with van der Waals surface area (Å²) in [5.74, 6) is 0. The SMILES string of the molecule is COCC(N)CN(C)c1ccnc(C)c1. The van der Waals surface area contributed by atoms with E-state index in [0.717, 1.165) is 17.9 Å². The number of nitrogens with zero attached hydrogens (tertiary/aromatic N) is 2. The van der Waals surface area contributed by atoms with Gasteiger partial charge in [-0.1, -0.05) is 0 Å². The van der Waals surface area contributed by atoms with E-state index in [9.17, 15) is 0 Å². The zero-order valence-electron chi connectivity index (χ0n) is 9.60. The van der Waals surface area contributed by atoms with Crippen molar-refractivity contribution in [2.75, 3.05) is 32.2 Å². The summed E-state index contributed by atoms with van der Waals surface area (Å²) in [6, 6.07) is 4.06. The van der Waals surface area contributed by atoms with E-state index in [1.54, 1.807) is 7.11 Å². The fourth-order valence-electron chi connectivity index (χ4n) is 1.49. The quantitative estimate of drug-likeness (QED) is 0.779. The largest absolute Gasteiger partial charge is 0.383 e. The molecular weight excluding hydrogens is 190 g/mol. The van der Waals surface area contributed by atoms with Crippen molar-refractivity contribution in [2.24, 2.45) is 5.73 Å². The average molecular weight is 209 g/mol. The smallest absolute Gasteiger partial charge is 0.0631 e. The second-order valence-electron chi connectivity index (χ2n) is 3.75. The van der Waals surface area contributed by atoms with Gasteiger partial charge in [-0.25, -0.2) is 0 Å². The van der Waals surface area contributed by atoms with Gasteiger partial charge in [-0.3, -0.25) is 4.98 Å². The third kappa shape index (κ3) is 3.85. The Kier molecular flexibility index (Phi) is 4.52. The molecule has 4 nitrogen and oxygen atoms in total. The first-order valence-corrected chi connectivity index (χ1v) is 5.01. The summed E-state index contributed by atoms with van der Waals surface area (Å²) < 4.78 is 5.00. The number of hydrogen-bond acceptors (Lipinski definition) is 4. The Bertz CT molecular complexity index is 304. The molecule has 0 amide bonds. The molecule has 0 aliphatic heterocycles. The molecule has 2 N–H and O–H groups in total. The first-order valence-electron chi connectivity index (χ1n) is 5.01. The number of likely N-dealkylation sites (N-methyl/N-ethyl adjacent to an activating group) is 1. The Balaban J connectivity index is 2.56. The summed E-state index contributed by atoms with van der Waals surface area (Å²) in [7, 11) is 3.68. The maximum Gasteiger partial charge on any atom is 0.0631 e. The van der Waals surface area contributed by atoms with Gasteiger partial charge in [0.05, 0.1) is 6.61 Å². The number of aryl methyl sites for hydroxylation is 1. The summed E-state index contributed by atoms with van der Waals surface area (Å²) in [5, 5.41) is 0. The molecule has 1 aromatic heterocycles. The first-order chi connectivity index (χ1) is 7.13. The van der Waals surface area contributed by atoms with Gasteiger partial charge >= 0.3 is 0 Å². The average Bonchev–Trinajstić information content (AvgIpc) is 2.18. The van der Waals surface area contributed by atoms with E-state index in [4.69, 9.17) is 10.5 Å². The van der Waals surface area contributed by atoms with Crippen LogP contribution in [0.5, 0.6) is 0 Å². The van der Waals surface area contributed by atoms with Crippen LogP contribution in [-0.2, 0) is 4.74 Å². The van der Waals surface area contributed by atoms with Gasteiger partial charge in [-0.15, -0.1) is 0 Å². The minimum atomic E-state index is 0.0356. The second kappa shape index (κ2) is 5.68. The van der Waals surface area contributed by atoms with Crippen LogP contribution in [0, 0.1) is 6.92 Å². The van der Waals surface area contributed by atoms with Crippen molar-refractivity contribution in [1.29, 1.82) is 0 Å². The Labute approximate surface area is 91.1 Å². The maximum atomic E-state index is 5.88. The van der Waals surface area contributed by atoms with E-state index in [1.165, 1.54) is 0 Å². The Morgan fingerprint density at radius 2 is 2.33 bits per heavy atom. The highest BCUT2D eigenvalue weighted by molar-refractivity contribution is 5.45. The topological polar surface area (TPSA) is 51.4 Å². The summed E-state index contributed by atoms with van der Waals surface area (Å²) in [6.45, 7) is 3.33. The second-order valence-corrected chi connectivity index (χ2v) is 3.75. The fraction of sp³-hybridized carbons (Fsp3) is 0.545. The van der Waals surface area contributed by atoms with E-state index in [2.05, 4.69) is 9.88 Å². The summed E-state index contributed by atoms with van der Waals surface area (Å²) in [4.78, 5) is 6.26. The molecule has 0 spiro atoms. The summed E-state index contributed by atoms with van der Waals surface area (Å²) in [5.41, 5.74) is 8.03. The molecule has 0 radical (unpaired) electrons. The molecule has 4 heteroatoms. The van der Waals surface area contributed by atoms with Gasteiger partial charge in [-0.05, 0) is 19.1 Å². The lowest BCUT2D eigenvalue weighted by atomic mass is 10.2. The molecule has 0 fully saturated rings. The molecular formula is C11H19N3O. The highest BCUT2D eigenvalue weighted by Gasteiger charge is 2.07. The van der Waals surface area contributed by atoms with Gasteiger partial charge in [0.1, 0.15) is 0 Å². The molecule has 84 valence electrons. The first kappa shape index (κ1) is 11.9. The van der Waals surface area contributed by atoms with E-state index < -0.39 is 0 Å². The van der Waals surface area contributed by atoms with Crippen LogP contribution in [0.4, 0.5) is 5.69 Å². The van der Waals surface area contributed by atoms with Crippen LogP contribution in [-0.4, -0.2) is 38.3 Å². The summed E-state index contributed by atoms with van der Waals surface area (Å²) >= 11 is 0. The standard InChI is InChI=1S/C11H19N3O/c1-9-6-11(4-5-13-9)14(2)7-10(12)8-15-3/h4-6,10H,7-8,12H2,1-3H3. The monoisotopic (exact) mass is 209 g/mol. The van der Waals surface area contributed by atoms with Crippen LogP contribution >= 0.6 is 0 Å². The number of aromatic nitrogens is 1. The molecule has 15 heavy (non-hydrogen) atoms. The van der Waals surface area contributed by atoms with Crippen molar-refractivity contribution in [1.82, 2.24) is 4.98 Å². The van der Waals surface area contributed by atoms with Crippen LogP contribution in [0.1, 0.15) is 5.69 Å². The van der Waals surface area contributed by atoms with Crippen LogP contribution in [0.2, 0.25) is 0 Å². The number of rotatable bonds is 5. The number of nitrogens with two attached hydrogens (primary N) is 1.